The molecule has 3 nitrogen and oxygen atoms in total. The quantitative estimate of drug-likeness (QED) is 0.691. The van der Waals surface area contributed by atoms with Crippen molar-refractivity contribution in [3.8, 4) is 0 Å². The van der Waals surface area contributed by atoms with Gasteiger partial charge in [-0.1, -0.05) is 20.8 Å². The third-order valence-electron chi connectivity index (χ3n) is 1.61. The normalized spacial score (nSPS) is 11.6. The van der Waals surface area contributed by atoms with Crippen molar-refractivity contribution < 1.29 is 9.21 Å². The predicted octanol–water partition coefficient (Wildman–Crippen LogP) is 1.68. The molecule has 2 N–H and O–H groups in total. The van der Waals surface area contributed by atoms with E-state index >= 15 is 0 Å². The Morgan fingerprint density at radius 1 is 1.50 bits per heavy atom. The van der Waals surface area contributed by atoms with Gasteiger partial charge >= 0.3 is 0 Å². The van der Waals surface area contributed by atoms with E-state index in [-0.39, 0.29) is 5.41 Å². The summed E-state index contributed by atoms with van der Waals surface area (Å²) in [5, 5.41) is 0. The largest absolute Gasteiger partial charge is 0.468 e. The van der Waals surface area contributed by atoms with E-state index in [1.165, 1.54) is 6.26 Å². The van der Waals surface area contributed by atoms with Crippen LogP contribution in [0.5, 0.6) is 0 Å². The van der Waals surface area contributed by atoms with E-state index in [4.69, 9.17) is 10.2 Å². The second-order valence-electron chi connectivity index (χ2n) is 3.78. The first kappa shape index (κ1) is 8.84. The van der Waals surface area contributed by atoms with Gasteiger partial charge in [0.1, 0.15) is 5.76 Å². The minimum absolute atomic E-state index is 0.173. The molecule has 0 saturated carbocycles. The van der Waals surface area contributed by atoms with Crippen molar-refractivity contribution in [1.29, 1.82) is 0 Å². The molecule has 66 valence electrons. The van der Waals surface area contributed by atoms with Gasteiger partial charge in [-0.3, -0.25) is 4.79 Å². The van der Waals surface area contributed by atoms with Gasteiger partial charge in [-0.05, 0) is 6.07 Å². The van der Waals surface area contributed by atoms with Gasteiger partial charge in [-0.2, -0.15) is 0 Å². The first-order chi connectivity index (χ1) is 5.43. The Balaban J connectivity index is 3.17. The number of hydrogen-bond donors (Lipinski definition) is 1. The minimum Gasteiger partial charge on any atom is -0.468 e. The van der Waals surface area contributed by atoms with E-state index in [0.29, 0.717) is 11.3 Å². The summed E-state index contributed by atoms with van der Waals surface area (Å²) in [5.74, 6) is 0.212. The lowest BCUT2D eigenvalue weighted by atomic mass is 9.90. The van der Waals surface area contributed by atoms with E-state index in [9.17, 15) is 4.79 Å². The number of nitrogens with two attached hydrogens (primary N) is 1. The molecule has 0 unspecified atom stereocenters. The maximum atomic E-state index is 10.9. The number of furan rings is 1. The molecule has 1 rings (SSSR count). The van der Waals surface area contributed by atoms with Crippen molar-refractivity contribution in [1.82, 2.24) is 0 Å². The van der Waals surface area contributed by atoms with E-state index in [0.717, 1.165) is 0 Å². The Hall–Kier alpha value is -1.25. The maximum absolute atomic E-state index is 10.9. The van der Waals surface area contributed by atoms with Crippen LogP contribution in [-0.4, -0.2) is 5.91 Å². The third kappa shape index (κ3) is 1.49. The van der Waals surface area contributed by atoms with Gasteiger partial charge in [0.2, 0.25) is 0 Å². The highest BCUT2D eigenvalue weighted by molar-refractivity contribution is 5.94. The second kappa shape index (κ2) is 2.66. The molecule has 0 aliphatic carbocycles. The van der Waals surface area contributed by atoms with Crippen molar-refractivity contribution in [2.45, 2.75) is 26.2 Å². The van der Waals surface area contributed by atoms with Crippen LogP contribution < -0.4 is 5.73 Å². The van der Waals surface area contributed by atoms with Gasteiger partial charge in [-0.25, -0.2) is 0 Å². The molecule has 1 amide bonds. The zero-order valence-corrected chi connectivity index (χ0v) is 7.55. The number of carbonyl (C=O) groups is 1. The fraction of sp³-hybridized carbons (Fsp3) is 0.444. The fourth-order valence-electron chi connectivity index (χ4n) is 1.08. The topological polar surface area (TPSA) is 56.2 Å². The molecular formula is C9H13NO2. The molecule has 0 radical (unpaired) electrons. The van der Waals surface area contributed by atoms with Crippen LogP contribution in [0.3, 0.4) is 0 Å². The molecular weight excluding hydrogens is 154 g/mol. The van der Waals surface area contributed by atoms with Crippen LogP contribution in [-0.2, 0) is 5.41 Å². The monoisotopic (exact) mass is 167 g/mol. The summed E-state index contributed by atoms with van der Waals surface area (Å²) < 4.78 is 5.19. The molecule has 1 heterocycles. The first-order valence-corrected chi connectivity index (χ1v) is 3.80. The molecule has 0 bridgehead atoms. The molecule has 12 heavy (non-hydrogen) atoms. The van der Waals surface area contributed by atoms with E-state index in [2.05, 4.69) is 0 Å². The van der Waals surface area contributed by atoms with Crippen LogP contribution in [0.1, 0.15) is 36.9 Å². The summed E-state index contributed by atoms with van der Waals surface area (Å²) in [7, 11) is 0. The summed E-state index contributed by atoms with van der Waals surface area (Å²) in [4.78, 5) is 10.9. The van der Waals surface area contributed by atoms with Crippen molar-refractivity contribution in [2.75, 3.05) is 0 Å². The summed E-state index contributed by atoms with van der Waals surface area (Å²) in [6, 6.07) is 1.60. The highest BCUT2D eigenvalue weighted by atomic mass is 16.3. The average molecular weight is 167 g/mol. The Bertz CT molecular complexity index is 294. The third-order valence-corrected chi connectivity index (χ3v) is 1.61. The number of carbonyl (C=O) groups excluding carboxylic acids is 1. The number of hydrogen-bond acceptors (Lipinski definition) is 2. The van der Waals surface area contributed by atoms with Gasteiger partial charge in [0.15, 0.2) is 0 Å². The molecule has 0 aliphatic rings. The molecule has 0 saturated heterocycles. The number of amides is 1. The second-order valence-corrected chi connectivity index (χ2v) is 3.78. The standard InChI is InChI=1S/C9H13NO2/c1-9(2,3)7-6(8(10)11)4-5-12-7/h4-5H,1-3H3,(H2,10,11). The zero-order chi connectivity index (χ0) is 9.35. The van der Waals surface area contributed by atoms with E-state index in [1.54, 1.807) is 6.07 Å². The average Bonchev–Trinajstić information content (AvgIpc) is 2.30. The van der Waals surface area contributed by atoms with Gasteiger partial charge in [0.25, 0.3) is 5.91 Å². The summed E-state index contributed by atoms with van der Waals surface area (Å²) in [6.07, 6.45) is 1.49. The fourth-order valence-corrected chi connectivity index (χ4v) is 1.08. The van der Waals surface area contributed by atoms with Crippen LogP contribution in [0.15, 0.2) is 16.7 Å². The summed E-state index contributed by atoms with van der Waals surface area (Å²) in [6.45, 7) is 5.91. The van der Waals surface area contributed by atoms with E-state index in [1.807, 2.05) is 20.8 Å². The number of primary amides is 1. The Labute approximate surface area is 71.6 Å². The van der Waals surface area contributed by atoms with Crippen molar-refractivity contribution >= 4 is 5.91 Å². The van der Waals surface area contributed by atoms with E-state index < -0.39 is 5.91 Å². The van der Waals surface area contributed by atoms with Gasteiger partial charge < -0.3 is 10.2 Å². The molecule has 3 heteroatoms. The smallest absolute Gasteiger partial charge is 0.252 e. The van der Waals surface area contributed by atoms with Gasteiger partial charge in [0.05, 0.1) is 11.8 Å². The summed E-state index contributed by atoms with van der Waals surface area (Å²) in [5.41, 5.74) is 5.46. The highest BCUT2D eigenvalue weighted by Crippen LogP contribution is 2.26. The first-order valence-electron chi connectivity index (χ1n) is 3.80. The maximum Gasteiger partial charge on any atom is 0.252 e. The minimum atomic E-state index is -0.436. The summed E-state index contributed by atoms with van der Waals surface area (Å²) >= 11 is 0. The van der Waals surface area contributed by atoms with Crippen molar-refractivity contribution in [3.05, 3.63) is 23.7 Å². The Kier molecular flexibility index (Phi) is 1.96. The van der Waals surface area contributed by atoms with Crippen LogP contribution in [0.25, 0.3) is 0 Å². The van der Waals surface area contributed by atoms with Crippen molar-refractivity contribution in [3.63, 3.8) is 0 Å². The SMILES string of the molecule is CC(C)(C)c1occc1C(N)=O. The van der Waals surface area contributed by atoms with Gasteiger partial charge in [0, 0.05) is 5.41 Å². The van der Waals surface area contributed by atoms with Crippen LogP contribution in [0.2, 0.25) is 0 Å². The molecule has 1 aromatic rings. The molecule has 1 aromatic heterocycles. The highest BCUT2D eigenvalue weighted by Gasteiger charge is 2.23. The zero-order valence-electron chi connectivity index (χ0n) is 7.55. The Morgan fingerprint density at radius 3 is 2.42 bits per heavy atom. The molecule has 0 atom stereocenters. The Morgan fingerprint density at radius 2 is 2.08 bits per heavy atom. The lowest BCUT2D eigenvalue weighted by Gasteiger charge is -2.15. The predicted molar refractivity (Wildman–Crippen MR) is 45.9 cm³/mol. The molecule has 0 aromatic carbocycles. The lowest BCUT2D eigenvalue weighted by molar-refractivity contribution is 0.0996. The number of rotatable bonds is 1. The van der Waals surface area contributed by atoms with Crippen molar-refractivity contribution in [2.24, 2.45) is 5.73 Å². The molecule has 0 spiro atoms. The van der Waals surface area contributed by atoms with Gasteiger partial charge in [-0.15, -0.1) is 0 Å². The van der Waals surface area contributed by atoms with Crippen LogP contribution in [0.4, 0.5) is 0 Å². The van der Waals surface area contributed by atoms with Crippen LogP contribution in [0, 0.1) is 0 Å². The molecule has 0 fully saturated rings. The molecule has 0 aliphatic heterocycles. The van der Waals surface area contributed by atoms with Crippen LogP contribution >= 0.6 is 0 Å². The lowest BCUT2D eigenvalue weighted by Crippen LogP contribution is -2.19.